The summed E-state index contributed by atoms with van der Waals surface area (Å²) in [5.74, 6) is 1.34. The molecule has 0 amide bonds. The SMILES string of the molecule is Cc1ccc(N[Si](C)(C)[Si](C)(C)C2=CC=C(F)C3CC(C)CC23)cc1. The van der Waals surface area contributed by atoms with Crippen LogP contribution in [-0.2, 0) is 0 Å². The smallest absolute Gasteiger partial charge is 0.140 e. The number of fused-ring (bicyclic) bond motifs is 1. The van der Waals surface area contributed by atoms with E-state index in [2.05, 4.69) is 75.4 Å². The predicted molar refractivity (Wildman–Crippen MR) is 112 cm³/mol. The molecule has 0 aromatic heterocycles. The van der Waals surface area contributed by atoms with Crippen LogP contribution in [0.3, 0.4) is 0 Å². The van der Waals surface area contributed by atoms with Crippen molar-refractivity contribution in [3.8, 4) is 0 Å². The number of halogens is 1. The number of aryl methyl sites for hydroxylation is 1. The van der Waals surface area contributed by atoms with Gasteiger partial charge in [-0.05, 0) is 49.8 Å². The van der Waals surface area contributed by atoms with E-state index >= 15 is 0 Å². The van der Waals surface area contributed by atoms with Gasteiger partial charge in [0.1, 0.15) is 13.6 Å². The molecule has 1 aromatic rings. The van der Waals surface area contributed by atoms with Crippen LogP contribution in [0.4, 0.5) is 10.1 Å². The Morgan fingerprint density at radius 1 is 0.960 bits per heavy atom. The molecule has 3 atom stereocenters. The van der Waals surface area contributed by atoms with Gasteiger partial charge in [-0.2, -0.15) is 0 Å². The molecule has 0 saturated heterocycles. The number of hydrogen-bond donors (Lipinski definition) is 1. The van der Waals surface area contributed by atoms with Crippen LogP contribution in [0, 0.1) is 24.7 Å². The molecule has 3 unspecified atom stereocenters. The second kappa shape index (κ2) is 6.55. The lowest BCUT2D eigenvalue weighted by Gasteiger charge is -2.44. The number of anilines is 1. The first kappa shape index (κ1) is 18.6. The van der Waals surface area contributed by atoms with Gasteiger partial charge in [-0.1, -0.05) is 62.1 Å². The number of benzene rings is 1. The molecule has 1 N–H and O–H groups in total. The molecule has 4 heteroatoms. The van der Waals surface area contributed by atoms with E-state index < -0.39 is 15.3 Å². The summed E-state index contributed by atoms with van der Waals surface area (Å²) in [5, 5.41) is 1.60. The van der Waals surface area contributed by atoms with E-state index in [0.29, 0.717) is 11.8 Å². The molecule has 136 valence electrons. The van der Waals surface area contributed by atoms with Gasteiger partial charge >= 0.3 is 0 Å². The van der Waals surface area contributed by atoms with Gasteiger partial charge in [0.25, 0.3) is 0 Å². The first-order valence-corrected chi connectivity index (χ1v) is 16.5. The molecule has 0 bridgehead atoms. The van der Waals surface area contributed by atoms with E-state index in [4.69, 9.17) is 0 Å². The Hall–Kier alpha value is -1.14. The van der Waals surface area contributed by atoms with Gasteiger partial charge in [0.2, 0.25) is 0 Å². The number of allylic oxidation sites excluding steroid dienone is 4. The average molecular weight is 374 g/mol. The largest absolute Gasteiger partial charge is 0.412 e. The lowest BCUT2D eigenvalue weighted by atomic mass is 9.90. The van der Waals surface area contributed by atoms with Crippen LogP contribution in [0.2, 0.25) is 26.2 Å². The highest BCUT2D eigenvalue weighted by atomic mass is 29.3. The van der Waals surface area contributed by atoms with Crippen molar-refractivity contribution in [1.82, 2.24) is 0 Å². The van der Waals surface area contributed by atoms with Crippen LogP contribution in [0.15, 0.2) is 47.4 Å². The summed E-state index contributed by atoms with van der Waals surface area (Å²) in [6, 6.07) is 8.75. The van der Waals surface area contributed by atoms with E-state index in [-0.39, 0.29) is 11.7 Å². The summed E-state index contributed by atoms with van der Waals surface area (Å²) in [6.07, 6.45) is 6.11. The molecular weight excluding hydrogens is 341 g/mol. The highest BCUT2D eigenvalue weighted by molar-refractivity contribution is 7.44. The highest BCUT2D eigenvalue weighted by Gasteiger charge is 2.50. The molecule has 1 aromatic carbocycles. The van der Waals surface area contributed by atoms with E-state index in [1.54, 1.807) is 11.3 Å². The monoisotopic (exact) mass is 373 g/mol. The van der Waals surface area contributed by atoms with Crippen molar-refractivity contribution in [2.45, 2.75) is 52.9 Å². The molecule has 0 spiro atoms. The zero-order chi connectivity index (χ0) is 18.4. The van der Waals surface area contributed by atoms with Gasteiger partial charge in [0.15, 0.2) is 0 Å². The van der Waals surface area contributed by atoms with Crippen molar-refractivity contribution in [3.05, 3.63) is 53.0 Å². The molecule has 0 heterocycles. The van der Waals surface area contributed by atoms with Crippen LogP contribution in [0.25, 0.3) is 0 Å². The van der Waals surface area contributed by atoms with Crippen molar-refractivity contribution >= 4 is 21.0 Å². The third-order valence-electron chi connectivity index (χ3n) is 6.77. The van der Waals surface area contributed by atoms with Crippen molar-refractivity contribution < 1.29 is 4.39 Å². The Bertz CT molecular complexity index is 703. The predicted octanol–water partition coefficient (Wildman–Crippen LogP) is 6.39. The zero-order valence-corrected chi connectivity index (χ0v) is 18.5. The van der Waals surface area contributed by atoms with Gasteiger partial charge in [0, 0.05) is 11.6 Å². The number of hydrogen-bond acceptors (Lipinski definition) is 1. The lowest BCUT2D eigenvalue weighted by Crippen LogP contribution is -2.63. The van der Waals surface area contributed by atoms with Gasteiger partial charge in [0.05, 0.1) is 7.59 Å². The average Bonchev–Trinajstić information content (AvgIpc) is 2.91. The molecule has 0 radical (unpaired) electrons. The minimum Gasteiger partial charge on any atom is -0.412 e. The zero-order valence-electron chi connectivity index (χ0n) is 16.5. The molecule has 3 rings (SSSR count). The van der Waals surface area contributed by atoms with Crippen LogP contribution in [0.1, 0.15) is 25.3 Å². The van der Waals surface area contributed by atoms with E-state index in [1.807, 2.05) is 0 Å². The first-order chi connectivity index (χ1) is 11.6. The van der Waals surface area contributed by atoms with E-state index in [9.17, 15) is 4.39 Å². The maximum absolute atomic E-state index is 14.4. The van der Waals surface area contributed by atoms with E-state index in [1.165, 1.54) is 11.3 Å². The molecule has 2 aliphatic carbocycles. The minimum absolute atomic E-state index is 0.119. The van der Waals surface area contributed by atoms with E-state index in [0.717, 1.165) is 12.8 Å². The Balaban J connectivity index is 1.90. The third-order valence-corrected chi connectivity index (χ3v) is 23.4. The summed E-state index contributed by atoms with van der Waals surface area (Å²) in [5.41, 5.74) is 2.53. The van der Waals surface area contributed by atoms with Crippen LogP contribution >= 0.6 is 0 Å². The third kappa shape index (κ3) is 3.43. The highest BCUT2D eigenvalue weighted by Crippen LogP contribution is 2.50. The standard InChI is InChI=1S/C21H32FNSi2/c1-15-7-9-17(10-8-15)23-25(5,6)24(3,4)21-12-11-20(22)18-13-16(2)14-19(18)21/h7-12,16,18-19,23H,13-14H2,1-6H3. The molecule has 25 heavy (non-hydrogen) atoms. The van der Waals surface area contributed by atoms with Crippen LogP contribution < -0.4 is 4.98 Å². The van der Waals surface area contributed by atoms with Gasteiger partial charge < -0.3 is 4.98 Å². The summed E-state index contributed by atoms with van der Waals surface area (Å²) < 4.78 is 14.4. The number of nitrogens with one attached hydrogen (secondary N) is 1. The molecule has 2 aliphatic rings. The first-order valence-electron chi connectivity index (χ1n) is 9.54. The molecule has 1 fully saturated rings. The molecule has 1 saturated carbocycles. The summed E-state index contributed by atoms with van der Waals surface area (Å²) in [6.45, 7) is 14.3. The summed E-state index contributed by atoms with van der Waals surface area (Å²) in [4.78, 5) is 3.93. The fraction of sp³-hybridized carbons (Fsp3) is 0.524. The lowest BCUT2D eigenvalue weighted by molar-refractivity contribution is 0.407. The second-order valence-electron chi connectivity index (χ2n) is 9.20. The Morgan fingerprint density at radius 2 is 1.56 bits per heavy atom. The summed E-state index contributed by atoms with van der Waals surface area (Å²) in [7, 11) is -3.41. The van der Waals surface area contributed by atoms with Crippen molar-refractivity contribution in [1.29, 1.82) is 0 Å². The normalized spacial score (nSPS) is 26.8. The fourth-order valence-electron chi connectivity index (χ4n) is 4.54. The van der Waals surface area contributed by atoms with Gasteiger partial charge in [-0.15, -0.1) is 0 Å². The second-order valence-corrected chi connectivity index (χ2v) is 24.0. The minimum atomic E-state index is -1.71. The maximum Gasteiger partial charge on any atom is 0.140 e. The summed E-state index contributed by atoms with van der Waals surface area (Å²) >= 11 is 0. The maximum atomic E-state index is 14.4. The Kier molecular flexibility index (Phi) is 4.88. The van der Waals surface area contributed by atoms with Crippen molar-refractivity contribution in [2.24, 2.45) is 17.8 Å². The molecule has 1 nitrogen and oxygen atoms in total. The number of rotatable bonds is 4. The Morgan fingerprint density at radius 3 is 2.20 bits per heavy atom. The fourth-order valence-corrected chi connectivity index (χ4v) is 12.6. The Labute approximate surface area is 154 Å². The van der Waals surface area contributed by atoms with Gasteiger partial charge in [-0.3, -0.25) is 0 Å². The van der Waals surface area contributed by atoms with Gasteiger partial charge in [-0.25, -0.2) is 4.39 Å². The topological polar surface area (TPSA) is 12.0 Å². The van der Waals surface area contributed by atoms with Crippen molar-refractivity contribution in [2.75, 3.05) is 4.98 Å². The van der Waals surface area contributed by atoms with Crippen LogP contribution in [-0.4, -0.2) is 15.3 Å². The van der Waals surface area contributed by atoms with Crippen LogP contribution in [0.5, 0.6) is 0 Å². The molecule has 0 aliphatic heterocycles. The quantitative estimate of drug-likeness (QED) is 0.603. The molecular formula is C21H32FNSi2. The van der Waals surface area contributed by atoms with Crippen molar-refractivity contribution in [3.63, 3.8) is 0 Å².